The van der Waals surface area contributed by atoms with E-state index in [1.165, 1.54) is 22.5 Å². The summed E-state index contributed by atoms with van der Waals surface area (Å²) >= 11 is 1.77. The number of hydrogen-bond donors (Lipinski definition) is 1. The van der Waals surface area contributed by atoms with E-state index in [1.54, 1.807) is 11.3 Å². The van der Waals surface area contributed by atoms with Crippen LogP contribution in [0, 0.1) is 0 Å². The first-order valence-electron chi connectivity index (χ1n) is 6.56. The van der Waals surface area contributed by atoms with Crippen molar-refractivity contribution < 1.29 is 4.74 Å². The second kappa shape index (κ2) is 6.71. The summed E-state index contributed by atoms with van der Waals surface area (Å²) in [5, 5.41) is 1.21. The lowest BCUT2D eigenvalue weighted by Crippen LogP contribution is -2.06. The molecule has 0 saturated carbocycles. The predicted molar refractivity (Wildman–Crippen MR) is 77.4 cm³/mol. The number of para-hydroxylation sites is 1. The zero-order chi connectivity index (χ0) is 12.8. The second-order valence-electron chi connectivity index (χ2n) is 4.30. The Bertz CT molecular complexity index is 495. The van der Waals surface area contributed by atoms with Gasteiger partial charge >= 0.3 is 0 Å². The molecule has 0 bridgehead atoms. The SMILES string of the molecule is CCCCc1nc2c(OCCCN)cccc2s1. The fourth-order valence-electron chi connectivity index (χ4n) is 1.79. The van der Waals surface area contributed by atoms with Crippen LogP contribution in [0.2, 0.25) is 0 Å². The fourth-order valence-corrected chi connectivity index (χ4v) is 2.81. The first-order valence-corrected chi connectivity index (χ1v) is 7.38. The molecule has 1 aromatic carbocycles. The summed E-state index contributed by atoms with van der Waals surface area (Å²) in [5.74, 6) is 0.889. The quantitative estimate of drug-likeness (QED) is 0.780. The van der Waals surface area contributed by atoms with Crippen molar-refractivity contribution in [2.24, 2.45) is 5.73 Å². The molecule has 0 unspecified atom stereocenters. The predicted octanol–water partition coefficient (Wildman–Crippen LogP) is 3.37. The number of benzene rings is 1. The van der Waals surface area contributed by atoms with E-state index in [1.807, 2.05) is 12.1 Å². The average molecular weight is 264 g/mol. The average Bonchev–Trinajstić information content (AvgIpc) is 2.80. The number of aryl methyl sites for hydroxylation is 1. The van der Waals surface area contributed by atoms with Crippen LogP contribution in [0.15, 0.2) is 18.2 Å². The molecular weight excluding hydrogens is 244 g/mol. The maximum absolute atomic E-state index is 5.74. The van der Waals surface area contributed by atoms with E-state index in [4.69, 9.17) is 15.5 Å². The molecule has 2 rings (SSSR count). The molecule has 1 heterocycles. The molecule has 0 aliphatic carbocycles. The van der Waals surface area contributed by atoms with Gasteiger partial charge in [-0.05, 0) is 37.9 Å². The third-order valence-electron chi connectivity index (χ3n) is 2.78. The van der Waals surface area contributed by atoms with Crippen LogP contribution in [0.1, 0.15) is 31.2 Å². The van der Waals surface area contributed by atoms with Crippen LogP contribution in [0.25, 0.3) is 10.2 Å². The molecule has 0 aliphatic rings. The minimum absolute atomic E-state index is 0.661. The Hall–Kier alpha value is -1.13. The van der Waals surface area contributed by atoms with E-state index in [2.05, 4.69) is 13.0 Å². The summed E-state index contributed by atoms with van der Waals surface area (Å²) in [5.41, 5.74) is 6.48. The van der Waals surface area contributed by atoms with E-state index in [0.717, 1.165) is 24.1 Å². The number of rotatable bonds is 7. The van der Waals surface area contributed by atoms with Crippen molar-refractivity contribution in [2.45, 2.75) is 32.6 Å². The number of hydrogen-bond acceptors (Lipinski definition) is 4. The van der Waals surface area contributed by atoms with Gasteiger partial charge in [-0.25, -0.2) is 4.98 Å². The number of thiazole rings is 1. The second-order valence-corrected chi connectivity index (χ2v) is 5.42. The van der Waals surface area contributed by atoms with Gasteiger partial charge in [-0.2, -0.15) is 0 Å². The highest BCUT2D eigenvalue weighted by Gasteiger charge is 2.08. The highest BCUT2D eigenvalue weighted by molar-refractivity contribution is 7.18. The number of fused-ring (bicyclic) bond motifs is 1. The molecule has 0 spiro atoms. The van der Waals surface area contributed by atoms with E-state index in [9.17, 15) is 0 Å². The van der Waals surface area contributed by atoms with Crippen molar-refractivity contribution in [3.05, 3.63) is 23.2 Å². The third kappa shape index (κ3) is 3.21. The molecule has 0 fully saturated rings. The molecule has 98 valence electrons. The van der Waals surface area contributed by atoms with E-state index in [0.29, 0.717) is 13.2 Å². The minimum atomic E-state index is 0.661. The monoisotopic (exact) mass is 264 g/mol. The van der Waals surface area contributed by atoms with Crippen LogP contribution in [0.4, 0.5) is 0 Å². The van der Waals surface area contributed by atoms with Crippen LogP contribution in [0.5, 0.6) is 5.75 Å². The number of nitrogens with zero attached hydrogens (tertiary/aromatic N) is 1. The number of aromatic nitrogens is 1. The number of nitrogens with two attached hydrogens (primary N) is 1. The highest BCUT2D eigenvalue weighted by Crippen LogP contribution is 2.30. The molecule has 4 heteroatoms. The van der Waals surface area contributed by atoms with Crippen molar-refractivity contribution in [3.63, 3.8) is 0 Å². The first kappa shape index (κ1) is 13.3. The number of ether oxygens (including phenoxy) is 1. The highest BCUT2D eigenvalue weighted by atomic mass is 32.1. The molecule has 0 radical (unpaired) electrons. The van der Waals surface area contributed by atoms with Crippen LogP contribution in [-0.4, -0.2) is 18.1 Å². The summed E-state index contributed by atoms with van der Waals surface area (Å²) in [6.07, 6.45) is 4.35. The van der Waals surface area contributed by atoms with Gasteiger partial charge in [-0.3, -0.25) is 0 Å². The Kier molecular flexibility index (Phi) is 4.96. The molecule has 0 atom stereocenters. The minimum Gasteiger partial charge on any atom is -0.491 e. The molecule has 1 aromatic heterocycles. The number of unbranched alkanes of at least 4 members (excludes halogenated alkanes) is 1. The van der Waals surface area contributed by atoms with Crippen LogP contribution in [-0.2, 0) is 6.42 Å². The molecule has 0 saturated heterocycles. The van der Waals surface area contributed by atoms with Crippen molar-refractivity contribution in [1.82, 2.24) is 4.98 Å². The maximum Gasteiger partial charge on any atom is 0.146 e. The fraction of sp³-hybridized carbons (Fsp3) is 0.500. The molecule has 2 aromatic rings. The molecular formula is C14H20N2OS. The Morgan fingerprint density at radius 1 is 1.33 bits per heavy atom. The Morgan fingerprint density at radius 3 is 3.00 bits per heavy atom. The van der Waals surface area contributed by atoms with Gasteiger partial charge in [0.2, 0.25) is 0 Å². The molecule has 0 aliphatic heterocycles. The van der Waals surface area contributed by atoms with Crippen LogP contribution < -0.4 is 10.5 Å². The van der Waals surface area contributed by atoms with Gasteiger partial charge in [0.05, 0.1) is 16.3 Å². The molecule has 2 N–H and O–H groups in total. The molecule has 18 heavy (non-hydrogen) atoms. The Balaban J connectivity index is 2.16. The molecule has 3 nitrogen and oxygen atoms in total. The van der Waals surface area contributed by atoms with Crippen LogP contribution >= 0.6 is 11.3 Å². The lowest BCUT2D eigenvalue weighted by molar-refractivity contribution is 0.316. The smallest absolute Gasteiger partial charge is 0.146 e. The van der Waals surface area contributed by atoms with Crippen molar-refractivity contribution >= 4 is 21.6 Å². The maximum atomic E-state index is 5.74. The van der Waals surface area contributed by atoms with Gasteiger partial charge < -0.3 is 10.5 Å². The van der Waals surface area contributed by atoms with Crippen molar-refractivity contribution in [3.8, 4) is 5.75 Å². The summed E-state index contributed by atoms with van der Waals surface area (Å²) < 4.78 is 6.96. The summed E-state index contributed by atoms with van der Waals surface area (Å²) in [6, 6.07) is 6.13. The molecule has 0 amide bonds. The van der Waals surface area contributed by atoms with Crippen molar-refractivity contribution in [2.75, 3.05) is 13.2 Å². The van der Waals surface area contributed by atoms with E-state index in [-0.39, 0.29) is 0 Å². The third-order valence-corrected chi connectivity index (χ3v) is 3.86. The summed E-state index contributed by atoms with van der Waals surface area (Å²) in [6.45, 7) is 3.53. The van der Waals surface area contributed by atoms with Gasteiger partial charge in [0.25, 0.3) is 0 Å². The van der Waals surface area contributed by atoms with E-state index >= 15 is 0 Å². The summed E-state index contributed by atoms with van der Waals surface area (Å²) in [7, 11) is 0. The summed E-state index contributed by atoms with van der Waals surface area (Å²) in [4.78, 5) is 4.69. The zero-order valence-electron chi connectivity index (χ0n) is 10.8. The lowest BCUT2D eigenvalue weighted by atomic mass is 10.2. The normalized spacial score (nSPS) is 11.0. The van der Waals surface area contributed by atoms with Crippen LogP contribution in [0.3, 0.4) is 0 Å². The first-order chi connectivity index (χ1) is 8.85. The van der Waals surface area contributed by atoms with E-state index < -0.39 is 0 Å². The Labute approximate surface area is 112 Å². The topological polar surface area (TPSA) is 48.1 Å². The van der Waals surface area contributed by atoms with Gasteiger partial charge in [0.15, 0.2) is 0 Å². The van der Waals surface area contributed by atoms with Gasteiger partial charge in [0, 0.05) is 0 Å². The van der Waals surface area contributed by atoms with Gasteiger partial charge in [0.1, 0.15) is 11.3 Å². The lowest BCUT2D eigenvalue weighted by Gasteiger charge is -2.05. The van der Waals surface area contributed by atoms with Crippen molar-refractivity contribution in [1.29, 1.82) is 0 Å². The zero-order valence-corrected chi connectivity index (χ0v) is 11.6. The largest absolute Gasteiger partial charge is 0.491 e. The Morgan fingerprint density at radius 2 is 2.22 bits per heavy atom. The standard InChI is InChI=1S/C14H20N2OS/c1-2-3-8-13-16-14-11(17-10-5-9-15)6-4-7-12(14)18-13/h4,6-7H,2-3,5,8-10,15H2,1H3. The van der Waals surface area contributed by atoms with Gasteiger partial charge in [-0.15, -0.1) is 11.3 Å². The van der Waals surface area contributed by atoms with Gasteiger partial charge in [-0.1, -0.05) is 19.4 Å².